The van der Waals surface area contributed by atoms with Crippen LogP contribution in [0.4, 0.5) is 0 Å². The fourth-order valence-electron chi connectivity index (χ4n) is 3.02. The van der Waals surface area contributed by atoms with Crippen molar-refractivity contribution in [2.24, 2.45) is 0 Å². The fourth-order valence-corrected chi connectivity index (χ4v) is 3.02. The molecule has 7 heteroatoms. The van der Waals surface area contributed by atoms with Crippen LogP contribution in [0.5, 0.6) is 5.75 Å². The van der Waals surface area contributed by atoms with Crippen LogP contribution < -0.4 is 10.1 Å². The Bertz CT molecular complexity index is 922. The van der Waals surface area contributed by atoms with Crippen molar-refractivity contribution in [1.82, 2.24) is 19.9 Å². The molecule has 0 radical (unpaired) electrons. The molecule has 2 aromatic heterocycles. The Labute approximate surface area is 157 Å². The number of amides is 1. The van der Waals surface area contributed by atoms with Crippen LogP contribution in [0.1, 0.15) is 16.2 Å². The highest BCUT2D eigenvalue weighted by Gasteiger charge is 2.22. The Kier molecular flexibility index (Phi) is 4.84. The van der Waals surface area contributed by atoms with E-state index in [4.69, 9.17) is 9.47 Å². The Morgan fingerprint density at radius 1 is 1.33 bits per heavy atom. The number of fused-ring (bicyclic) bond motifs is 1. The maximum Gasteiger partial charge on any atom is 0.252 e. The number of benzene rings is 1. The van der Waals surface area contributed by atoms with Crippen LogP contribution >= 0.6 is 0 Å². The molecule has 0 saturated carbocycles. The number of ether oxygens (including phenoxy) is 2. The summed E-state index contributed by atoms with van der Waals surface area (Å²) in [5.74, 6) is 1.55. The van der Waals surface area contributed by atoms with Gasteiger partial charge >= 0.3 is 0 Å². The van der Waals surface area contributed by atoms with Crippen molar-refractivity contribution >= 4 is 5.91 Å². The minimum Gasteiger partial charge on any atom is -0.497 e. The fraction of sp³-hybridized carbons (Fsp3) is 0.250. The molecule has 7 nitrogen and oxygen atoms in total. The van der Waals surface area contributed by atoms with Gasteiger partial charge in [0.1, 0.15) is 18.2 Å². The molecule has 0 aliphatic carbocycles. The summed E-state index contributed by atoms with van der Waals surface area (Å²) < 4.78 is 13.1. The normalized spacial score (nSPS) is 15.8. The van der Waals surface area contributed by atoms with Gasteiger partial charge in [0.2, 0.25) is 0 Å². The van der Waals surface area contributed by atoms with E-state index in [1.165, 1.54) is 0 Å². The lowest BCUT2D eigenvalue weighted by Gasteiger charge is -2.24. The van der Waals surface area contributed by atoms with Crippen LogP contribution in [-0.4, -0.2) is 40.2 Å². The van der Waals surface area contributed by atoms with Gasteiger partial charge in [-0.05, 0) is 36.4 Å². The number of aromatic nitrogens is 3. The third-order valence-electron chi connectivity index (χ3n) is 4.51. The van der Waals surface area contributed by atoms with Crippen LogP contribution in [0.3, 0.4) is 0 Å². The molecule has 0 unspecified atom stereocenters. The van der Waals surface area contributed by atoms with Crippen molar-refractivity contribution in [2.75, 3.05) is 13.7 Å². The predicted octanol–water partition coefficient (Wildman–Crippen LogP) is 2.28. The molecule has 3 heterocycles. The average molecular weight is 364 g/mol. The zero-order chi connectivity index (χ0) is 18.6. The molecule has 0 fully saturated rings. The number of methoxy groups -OCH3 is 1. The third-order valence-corrected chi connectivity index (χ3v) is 4.51. The Hall–Kier alpha value is -3.19. The standard InChI is InChI=1S/C20H20N4O3/c1-26-16-6-4-14(5-7-16)18-12-24-11-17(27-13-19(24)23-18)10-22-20(25)15-3-2-8-21-9-15/h2-9,12,17H,10-11,13H2,1H3,(H,22,25)/t17-/m0/s1. The molecule has 1 aliphatic heterocycles. The molecule has 1 amide bonds. The number of nitrogens with zero attached hydrogens (tertiary/aromatic N) is 3. The molecule has 1 aliphatic rings. The number of carbonyl (C=O) groups excluding carboxylic acids is 1. The van der Waals surface area contributed by atoms with E-state index in [1.54, 1.807) is 31.6 Å². The van der Waals surface area contributed by atoms with Gasteiger partial charge in [-0.15, -0.1) is 0 Å². The van der Waals surface area contributed by atoms with E-state index in [-0.39, 0.29) is 12.0 Å². The minimum absolute atomic E-state index is 0.101. The van der Waals surface area contributed by atoms with E-state index in [1.807, 2.05) is 30.5 Å². The van der Waals surface area contributed by atoms with Crippen LogP contribution in [0, 0.1) is 0 Å². The van der Waals surface area contributed by atoms with Gasteiger partial charge in [-0.1, -0.05) is 0 Å². The summed E-state index contributed by atoms with van der Waals surface area (Å²) in [5.41, 5.74) is 2.47. The summed E-state index contributed by atoms with van der Waals surface area (Å²) in [4.78, 5) is 20.8. The number of nitrogens with one attached hydrogen (secondary N) is 1. The van der Waals surface area contributed by atoms with E-state index in [0.29, 0.717) is 25.3 Å². The Morgan fingerprint density at radius 2 is 2.19 bits per heavy atom. The van der Waals surface area contributed by atoms with E-state index < -0.39 is 0 Å². The van der Waals surface area contributed by atoms with Gasteiger partial charge in [0.15, 0.2) is 0 Å². The lowest BCUT2D eigenvalue weighted by Crippen LogP contribution is -2.38. The molecule has 0 bridgehead atoms. The van der Waals surface area contributed by atoms with Crippen molar-refractivity contribution in [2.45, 2.75) is 19.3 Å². The van der Waals surface area contributed by atoms with E-state index in [2.05, 4.69) is 19.9 Å². The molecule has 27 heavy (non-hydrogen) atoms. The third kappa shape index (κ3) is 3.83. The summed E-state index contributed by atoms with van der Waals surface area (Å²) >= 11 is 0. The Morgan fingerprint density at radius 3 is 2.93 bits per heavy atom. The lowest BCUT2D eigenvalue weighted by molar-refractivity contribution is 0.00327. The minimum atomic E-state index is -0.151. The van der Waals surface area contributed by atoms with E-state index >= 15 is 0 Å². The monoisotopic (exact) mass is 364 g/mol. The number of pyridine rings is 1. The zero-order valence-corrected chi connectivity index (χ0v) is 15.0. The first kappa shape index (κ1) is 17.2. The van der Waals surface area contributed by atoms with Crippen LogP contribution in [0.15, 0.2) is 55.0 Å². The second-order valence-corrected chi connectivity index (χ2v) is 6.31. The van der Waals surface area contributed by atoms with E-state index in [9.17, 15) is 4.79 Å². The topological polar surface area (TPSA) is 78.3 Å². The summed E-state index contributed by atoms with van der Waals surface area (Å²) in [6.07, 6.45) is 5.11. The molecule has 0 saturated heterocycles. The molecule has 138 valence electrons. The van der Waals surface area contributed by atoms with Crippen LogP contribution in [0.2, 0.25) is 0 Å². The number of hydrogen-bond acceptors (Lipinski definition) is 5. The average Bonchev–Trinajstić information content (AvgIpc) is 3.16. The van der Waals surface area contributed by atoms with Gasteiger partial charge in [0.25, 0.3) is 5.91 Å². The van der Waals surface area contributed by atoms with Crippen molar-refractivity contribution in [3.63, 3.8) is 0 Å². The maximum absolute atomic E-state index is 12.1. The van der Waals surface area contributed by atoms with Crippen LogP contribution in [-0.2, 0) is 17.9 Å². The largest absolute Gasteiger partial charge is 0.497 e. The smallest absolute Gasteiger partial charge is 0.252 e. The molecule has 1 N–H and O–H groups in total. The first-order chi connectivity index (χ1) is 13.2. The highest BCUT2D eigenvalue weighted by Crippen LogP contribution is 2.24. The summed E-state index contributed by atoms with van der Waals surface area (Å²) in [6.45, 7) is 1.50. The van der Waals surface area contributed by atoms with Crippen molar-refractivity contribution in [1.29, 1.82) is 0 Å². The SMILES string of the molecule is COc1ccc(-c2cn3c(n2)CO[C@@H](CNC(=O)c2cccnc2)C3)cc1. The molecule has 4 rings (SSSR count). The molecule has 3 aromatic rings. The van der Waals surface area contributed by atoms with Gasteiger partial charge < -0.3 is 19.4 Å². The van der Waals surface area contributed by atoms with Crippen molar-refractivity contribution < 1.29 is 14.3 Å². The lowest BCUT2D eigenvalue weighted by atomic mass is 10.1. The van der Waals surface area contributed by atoms with Crippen LogP contribution in [0.25, 0.3) is 11.3 Å². The molecule has 0 spiro atoms. The second-order valence-electron chi connectivity index (χ2n) is 6.31. The number of rotatable bonds is 5. The molecule has 1 aromatic carbocycles. The molecule has 1 atom stereocenters. The predicted molar refractivity (Wildman–Crippen MR) is 99.4 cm³/mol. The van der Waals surface area contributed by atoms with Gasteiger partial charge in [0, 0.05) is 30.7 Å². The summed E-state index contributed by atoms with van der Waals surface area (Å²) in [5, 5.41) is 2.90. The number of carbonyl (C=O) groups is 1. The maximum atomic E-state index is 12.1. The number of imidazole rings is 1. The van der Waals surface area contributed by atoms with Gasteiger partial charge in [0.05, 0.1) is 31.0 Å². The first-order valence-corrected chi connectivity index (χ1v) is 8.73. The molecular formula is C20H20N4O3. The molecular weight excluding hydrogens is 344 g/mol. The second kappa shape index (κ2) is 7.59. The summed E-state index contributed by atoms with van der Waals surface area (Å²) in [7, 11) is 1.65. The van der Waals surface area contributed by atoms with Gasteiger partial charge in [-0.25, -0.2) is 4.98 Å². The van der Waals surface area contributed by atoms with Crippen molar-refractivity contribution in [3.8, 4) is 17.0 Å². The quantitative estimate of drug-likeness (QED) is 0.751. The highest BCUT2D eigenvalue weighted by atomic mass is 16.5. The summed E-state index contributed by atoms with van der Waals surface area (Å²) in [6, 6.07) is 11.3. The first-order valence-electron chi connectivity index (χ1n) is 8.73. The van der Waals surface area contributed by atoms with Gasteiger partial charge in [-0.2, -0.15) is 0 Å². The number of hydrogen-bond donors (Lipinski definition) is 1. The highest BCUT2D eigenvalue weighted by molar-refractivity contribution is 5.93. The van der Waals surface area contributed by atoms with Gasteiger partial charge in [-0.3, -0.25) is 9.78 Å². The zero-order valence-electron chi connectivity index (χ0n) is 15.0. The van der Waals surface area contributed by atoms with E-state index in [0.717, 1.165) is 22.8 Å². The van der Waals surface area contributed by atoms with Crippen molar-refractivity contribution in [3.05, 3.63) is 66.4 Å². The Balaban J connectivity index is 1.39.